The summed E-state index contributed by atoms with van der Waals surface area (Å²) in [6.07, 6.45) is 13.6. The quantitative estimate of drug-likeness (QED) is 0.506. The molecule has 0 aromatic carbocycles. The highest BCUT2D eigenvalue weighted by atomic mass is 14.2. The zero-order valence-electron chi connectivity index (χ0n) is 7.77. The largest absolute Gasteiger partial charge is 0.0775 e. The highest BCUT2D eigenvalue weighted by molar-refractivity contribution is 5.36. The summed E-state index contributed by atoms with van der Waals surface area (Å²) in [6, 6.07) is 0. The van der Waals surface area contributed by atoms with Crippen LogP contribution in [-0.2, 0) is 0 Å². The Balaban J connectivity index is 2.26. The first-order valence-corrected chi connectivity index (χ1v) is 4.92. The molecule has 0 spiro atoms. The minimum Gasteiger partial charge on any atom is -0.0775 e. The van der Waals surface area contributed by atoms with E-state index in [9.17, 15) is 0 Å². The lowest BCUT2D eigenvalue weighted by molar-refractivity contribution is 0.673. The zero-order chi connectivity index (χ0) is 8.39. The van der Waals surface area contributed by atoms with Gasteiger partial charge in [-0.25, -0.2) is 0 Å². The predicted molar refractivity (Wildman–Crippen MR) is 53.0 cm³/mol. The number of hydrogen-bond acceptors (Lipinski definition) is 0. The fraction of sp³-hybridized carbons (Fsp3) is 0.500. The molecule has 0 fully saturated rings. The molecule has 2 aliphatic carbocycles. The normalized spacial score (nSPS) is 23.2. The van der Waals surface area contributed by atoms with Gasteiger partial charge in [-0.05, 0) is 44.6 Å². The lowest BCUT2D eigenvalue weighted by atomic mass is 9.90. The summed E-state index contributed by atoms with van der Waals surface area (Å²) in [6.45, 7) is 2.19. The van der Waals surface area contributed by atoms with Gasteiger partial charge in [-0.3, -0.25) is 0 Å². The molecule has 0 saturated carbocycles. The molecule has 2 aliphatic rings. The van der Waals surface area contributed by atoms with Crippen LogP contribution in [0.1, 0.15) is 39.0 Å². The lowest BCUT2D eigenvalue weighted by Crippen LogP contribution is -1.96. The van der Waals surface area contributed by atoms with Gasteiger partial charge in [0.2, 0.25) is 0 Å². The number of hydrogen-bond donors (Lipinski definition) is 0. The molecule has 0 amide bonds. The van der Waals surface area contributed by atoms with Gasteiger partial charge >= 0.3 is 0 Å². The predicted octanol–water partition coefficient (Wildman–Crippen LogP) is 3.76. The van der Waals surface area contributed by atoms with Gasteiger partial charge < -0.3 is 0 Å². The van der Waals surface area contributed by atoms with Crippen LogP contribution in [0.15, 0.2) is 34.9 Å². The van der Waals surface area contributed by atoms with E-state index < -0.39 is 0 Å². The third-order valence-corrected chi connectivity index (χ3v) is 2.85. The fourth-order valence-electron chi connectivity index (χ4n) is 2.01. The van der Waals surface area contributed by atoms with Crippen molar-refractivity contribution < 1.29 is 0 Å². The van der Waals surface area contributed by atoms with Gasteiger partial charge in [0.25, 0.3) is 0 Å². The van der Waals surface area contributed by atoms with Gasteiger partial charge in [-0.15, -0.1) is 0 Å². The minimum atomic E-state index is 1.20. The van der Waals surface area contributed by atoms with E-state index in [1.165, 1.54) is 37.7 Å². The average Bonchev–Trinajstić information content (AvgIpc) is 2.29. The second kappa shape index (κ2) is 3.30. The molecule has 0 radical (unpaired) electrons. The van der Waals surface area contributed by atoms with E-state index in [2.05, 4.69) is 25.2 Å². The van der Waals surface area contributed by atoms with E-state index >= 15 is 0 Å². The van der Waals surface area contributed by atoms with Gasteiger partial charge in [0, 0.05) is 0 Å². The monoisotopic (exact) mass is 160 g/mol. The van der Waals surface area contributed by atoms with Crippen LogP contribution < -0.4 is 0 Å². The number of rotatable bonds is 0. The van der Waals surface area contributed by atoms with Crippen LogP contribution in [0, 0.1) is 0 Å². The SMILES string of the molecule is CC1=CCC2=C(C=C1)CCCC2. The first kappa shape index (κ1) is 7.85. The summed E-state index contributed by atoms with van der Waals surface area (Å²) in [7, 11) is 0. The second-order valence-electron chi connectivity index (χ2n) is 3.82. The van der Waals surface area contributed by atoms with E-state index in [-0.39, 0.29) is 0 Å². The van der Waals surface area contributed by atoms with E-state index in [1.54, 1.807) is 11.1 Å². The Morgan fingerprint density at radius 1 is 1.08 bits per heavy atom. The maximum atomic E-state index is 2.35. The molecular weight excluding hydrogens is 144 g/mol. The summed E-state index contributed by atoms with van der Waals surface area (Å²) in [4.78, 5) is 0. The molecule has 12 heavy (non-hydrogen) atoms. The molecular formula is C12H16. The average molecular weight is 160 g/mol. The topological polar surface area (TPSA) is 0 Å². The molecule has 0 saturated heterocycles. The molecule has 0 bridgehead atoms. The van der Waals surface area contributed by atoms with Crippen LogP contribution in [0.2, 0.25) is 0 Å². The fourth-order valence-corrected chi connectivity index (χ4v) is 2.01. The smallest absolute Gasteiger partial charge is 0.0127 e. The van der Waals surface area contributed by atoms with Crippen molar-refractivity contribution in [3.05, 3.63) is 34.9 Å². The van der Waals surface area contributed by atoms with Crippen LogP contribution in [0.25, 0.3) is 0 Å². The molecule has 0 heteroatoms. The summed E-state index contributed by atoms with van der Waals surface area (Å²) in [5.74, 6) is 0. The van der Waals surface area contributed by atoms with Crippen molar-refractivity contribution in [1.82, 2.24) is 0 Å². The van der Waals surface area contributed by atoms with Crippen molar-refractivity contribution in [3.63, 3.8) is 0 Å². The molecule has 0 nitrogen and oxygen atoms in total. The van der Waals surface area contributed by atoms with Crippen molar-refractivity contribution in [3.8, 4) is 0 Å². The van der Waals surface area contributed by atoms with Crippen LogP contribution in [0.3, 0.4) is 0 Å². The van der Waals surface area contributed by atoms with Crippen molar-refractivity contribution >= 4 is 0 Å². The maximum absolute atomic E-state index is 2.35. The molecule has 0 unspecified atom stereocenters. The standard InChI is InChI=1S/C12H16/c1-10-6-8-11-4-2-3-5-12(11)9-7-10/h6-8H,2-5,9H2,1H3. The van der Waals surface area contributed by atoms with Crippen molar-refractivity contribution in [1.29, 1.82) is 0 Å². The molecule has 2 rings (SSSR count). The Hall–Kier alpha value is -0.780. The van der Waals surface area contributed by atoms with Crippen LogP contribution in [-0.4, -0.2) is 0 Å². The summed E-state index contributed by atoms with van der Waals surface area (Å²) < 4.78 is 0. The Morgan fingerprint density at radius 2 is 1.92 bits per heavy atom. The minimum absolute atomic E-state index is 1.20. The van der Waals surface area contributed by atoms with Crippen molar-refractivity contribution in [2.45, 2.75) is 39.0 Å². The van der Waals surface area contributed by atoms with Crippen molar-refractivity contribution in [2.75, 3.05) is 0 Å². The molecule has 0 aromatic rings. The van der Waals surface area contributed by atoms with Crippen LogP contribution in [0.5, 0.6) is 0 Å². The van der Waals surface area contributed by atoms with Crippen LogP contribution >= 0.6 is 0 Å². The van der Waals surface area contributed by atoms with Gasteiger partial charge in [0.05, 0.1) is 0 Å². The van der Waals surface area contributed by atoms with E-state index in [0.29, 0.717) is 0 Å². The van der Waals surface area contributed by atoms with Gasteiger partial charge in [-0.1, -0.05) is 29.4 Å². The highest BCUT2D eigenvalue weighted by Crippen LogP contribution is 2.30. The number of allylic oxidation sites excluding steroid dienone is 6. The Labute approximate surface area is 74.7 Å². The molecule has 0 aliphatic heterocycles. The van der Waals surface area contributed by atoms with E-state index in [0.717, 1.165) is 0 Å². The van der Waals surface area contributed by atoms with Gasteiger partial charge in [-0.2, -0.15) is 0 Å². The second-order valence-corrected chi connectivity index (χ2v) is 3.82. The third-order valence-electron chi connectivity index (χ3n) is 2.85. The molecule has 64 valence electrons. The maximum Gasteiger partial charge on any atom is -0.0127 e. The Bertz CT molecular complexity index is 264. The van der Waals surface area contributed by atoms with Gasteiger partial charge in [0.1, 0.15) is 0 Å². The molecule has 0 atom stereocenters. The van der Waals surface area contributed by atoms with E-state index in [4.69, 9.17) is 0 Å². The molecule has 0 heterocycles. The molecule has 0 N–H and O–H groups in total. The third kappa shape index (κ3) is 1.52. The Kier molecular flexibility index (Phi) is 2.16. The van der Waals surface area contributed by atoms with Gasteiger partial charge in [0.15, 0.2) is 0 Å². The lowest BCUT2D eigenvalue weighted by Gasteiger charge is -2.15. The van der Waals surface area contributed by atoms with E-state index in [1.807, 2.05) is 0 Å². The zero-order valence-corrected chi connectivity index (χ0v) is 7.77. The first-order chi connectivity index (χ1) is 5.86. The highest BCUT2D eigenvalue weighted by Gasteiger charge is 2.10. The summed E-state index contributed by atoms with van der Waals surface area (Å²) in [5, 5.41) is 0. The first-order valence-electron chi connectivity index (χ1n) is 4.92. The summed E-state index contributed by atoms with van der Waals surface area (Å²) >= 11 is 0. The van der Waals surface area contributed by atoms with Crippen molar-refractivity contribution in [2.24, 2.45) is 0 Å². The van der Waals surface area contributed by atoms with Crippen LogP contribution in [0.4, 0.5) is 0 Å². The Morgan fingerprint density at radius 3 is 2.83 bits per heavy atom. The summed E-state index contributed by atoms with van der Waals surface area (Å²) in [5.41, 5.74) is 4.73. The molecule has 0 aromatic heterocycles.